The predicted octanol–water partition coefficient (Wildman–Crippen LogP) is 3.97. The van der Waals surface area contributed by atoms with E-state index in [-0.39, 0.29) is 6.42 Å². The maximum Gasteiger partial charge on any atom is 0.325 e. The van der Waals surface area contributed by atoms with Crippen molar-refractivity contribution in [3.05, 3.63) is 94.5 Å². The molecular formula is C27H23BrN2O5. The number of benzene rings is 3. The summed E-state index contributed by atoms with van der Waals surface area (Å²) in [5.41, 5.74) is 0.216. The number of halogens is 1. The van der Waals surface area contributed by atoms with Gasteiger partial charge in [-0.1, -0.05) is 64.5 Å². The van der Waals surface area contributed by atoms with E-state index in [0.717, 1.165) is 20.5 Å². The zero-order valence-electron chi connectivity index (χ0n) is 18.9. The summed E-state index contributed by atoms with van der Waals surface area (Å²) < 4.78 is 5.93. The van der Waals surface area contributed by atoms with Gasteiger partial charge in [-0.3, -0.25) is 19.7 Å². The Balaban J connectivity index is 1.65. The van der Waals surface area contributed by atoms with Gasteiger partial charge in [0.2, 0.25) is 11.8 Å². The molecule has 35 heavy (non-hydrogen) atoms. The molecule has 0 aromatic heterocycles. The van der Waals surface area contributed by atoms with E-state index in [4.69, 9.17) is 4.74 Å². The Morgan fingerprint density at radius 3 is 2.29 bits per heavy atom. The molecule has 2 heterocycles. The molecule has 2 amide bonds. The van der Waals surface area contributed by atoms with Gasteiger partial charge in [0.05, 0.1) is 24.6 Å². The summed E-state index contributed by atoms with van der Waals surface area (Å²) in [7, 11) is 1.53. The summed E-state index contributed by atoms with van der Waals surface area (Å²) >= 11 is 3.54. The van der Waals surface area contributed by atoms with Crippen molar-refractivity contribution in [2.45, 2.75) is 18.0 Å². The summed E-state index contributed by atoms with van der Waals surface area (Å²) in [5.74, 6) is -3.50. The first-order chi connectivity index (χ1) is 16.9. The molecule has 5 rings (SSSR count). The second-order valence-electron chi connectivity index (χ2n) is 8.80. The van der Waals surface area contributed by atoms with E-state index < -0.39 is 41.2 Å². The number of amides is 2. The molecule has 0 spiro atoms. The molecule has 0 saturated carbocycles. The van der Waals surface area contributed by atoms with Gasteiger partial charge in [-0.2, -0.15) is 0 Å². The average Bonchev–Trinajstić information content (AvgIpc) is 3.34. The molecule has 2 N–H and O–H groups in total. The fraction of sp³-hybridized carbons (Fsp3) is 0.222. The second kappa shape index (κ2) is 8.94. The van der Waals surface area contributed by atoms with Crippen molar-refractivity contribution < 1.29 is 24.2 Å². The minimum absolute atomic E-state index is 0.0563. The molecule has 0 aliphatic carbocycles. The number of methoxy groups -OCH3 is 1. The molecule has 3 aromatic carbocycles. The third-order valence-electron chi connectivity index (χ3n) is 6.93. The Bertz CT molecular complexity index is 1300. The first kappa shape index (κ1) is 23.3. The van der Waals surface area contributed by atoms with Crippen molar-refractivity contribution in [2.24, 2.45) is 11.8 Å². The van der Waals surface area contributed by atoms with Crippen molar-refractivity contribution in [1.29, 1.82) is 0 Å². The standard InChI is InChI=1S/C27H23BrN2O5/c1-35-18-13-11-17(12-14-18)30-24(31)21-22(25(30)32)27(26(33)34,15-16-7-3-2-4-8-16)29-23(21)19-9-5-6-10-20(19)28/h2-14,21-23,29H,15H2,1H3,(H,33,34). The fourth-order valence-corrected chi connectivity index (χ4v) is 5.87. The quantitative estimate of drug-likeness (QED) is 0.464. The molecule has 178 valence electrons. The Labute approximate surface area is 210 Å². The van der Waals surface area contributed by atoms with Gasteiger partial charge in [-0.05, 0) is 41.5 Å². The summed E-state index contributed by atoms with van der Waals surface area (Å²) in [6, 6.07) is 22.5. The smallest absolute Gasteiger partial charge is 0.325 e. The monoisotopic (exact) mass is 534 g/mol. The number of fused-ring (bicyclic) bond motifs is 1. The topological polar surface area (TPSA) is 95.9 Å². The first-order valence-corrected chi connectivity index (χ1v) is 12.0. The van der Waals surface area contributed by atoms with Crippen LogP contribution in [0.4, 0.5) is 5.69 Å². The Kier molecular flexibility index (Phi) is 5.94. The van der Waals surface area contributed by atoms with Crippen LogP contribution in [0, 0.1) is 11.8 Å². The number of carboxylic acids is 1. The maximum atomic E-state index is 13.9. The van der Waals surface area contributed by atoms with Gasteiger partial charge in [0.15, 0.2) is 0 Å². The molecule has 4 atom stereocenters. The number of nitrogens with one attached hydrogen (secondary N) is 1. The summed E-state index contributed by atoms with van der Waals surface area (Å²) in [4.78, 5) is 41.8. The van der Waals surface area contributed by atoms with Crippen molar-refractivity contribution >= 4 is 39.4 Å². The maximum absolute atomic E-state index is 13.9. The number of nitrogens with zero attached hydrogens (tertiary/aromatic N) is 1. The van der Waals surface area contributed by atoms with Gasteiger partial charge < -0.3 is 9.84 Å². The highest BCUT2D eigenvalue weighted by Crippen LogP contribution is 2.51. The van der Waals surface area contributed by atoms with E-state index >= 15 is 0 Å². The average molecular weight is 535 g/mol. The molecule has 2 saturated heterocycles. The van der Waals surface area contributed by atoms with Crippen molar-refractivity contribution in [2.75, 3.05) is 12.0 Å². The molecule has 0 radical (unpaired) electrons. The van der Waals surface area contributed by atoms with E-state index in [9.17, 15) is 19.5 Å². The molecule has 2 fully saturated rings. The van der Waals surface area contributed by atoms with E-state index in [1.807, 2.05) is 54.6 Å². The van der Waals surface area contributed by atoms with E-state index in [2.05, 4.69) is 21.2 Å². The summed E-state index contributed by atoms with van der Waals surface area (Å²) in [6.45, 7) is 0. The number of aliphatic carboxylic acids is 1. The van der Waals surface area contributed by atoms with E-state index in [0.29, 0.717) is 11.4 Å². The lowest BCUT2D eigenvalue weighted by Crippen LogP contribution is -2.57. The number of hydrogen-bond acceptors (Lipinski definition) is 5. The van der Waals surface area contributed by atoms with Crippen LogP contribution in [0.5, 0.6) is 5.75 Å². The van der Waals surface area contributed by atoms with Crippen LogP contribution in [-0.2, 0) is 20.8 Å². The highest BCUT2D eigenvalue weighted by Gasteiger charge is 2.68. The summed E-state index contributed by atoms with van der Waals surface area (Å²) in [6.07, 6.45) is 0.0563. The Hall–Kier alpha value is -3.49. The SMILES string of the molecule is COc1ccc(N2C(=O)C3C(c4ccccc4Br)NC(Cc4ccccc4)(C(=O)O)C3C2=O)cc1. The lowest BCUT2D eigenvalue weighted by Gasteiger charge is -2.31. The van der Waals surface area contributed by atoms with Gasteiger partial charge in [0, 0.05) is 16.9 Å². The lowest BCUT2D eigenvalue weighted by molar-refractivity contribution is -0.148. The van der Waals surface area contributed by atoms with Crippen molar-refractivity contribution in [3.63, 3.8) is 0 Å². The van der Waals surface area contributed by atoms with Crippen LogP contribution >= 0.6 is 15.9 Å². The number of anilines is 1. The van der Waals surface area contributed by atoms with Crippen LogP contribution in [0.3, 0.4) is 0 Å². The zero-order chi connectivity index (χ0) is 24.7. The number of carboxylic acid groups (broad SMARTS) is 1. The molecule has 8 heteroatoms. The molecule has 4 unspecified atom stereocenters. The third kappa shape index (κ3) is 3.73. The van der Waals surface area contributed by atoms with Crippen LogP contribution in [0.15, 0.2) is 83.3 Å². The Morgan fingerprint density at radius 2 is 1.66 bits per heavy atom. The van der Waals surface area contributed by atoms with Crippen LogP contribution in [-0.4, -0.2) is 35.5 Å². The summed E-state index contributed by atoms with van der Waals surface area (Å²) in [5, 5.41) is 13.8. The molecular weight excluding hydrogens is 512 g/mol. The number of hydrogen-bond donors (Lipinski definition) is 2. The molecule has 2 aliphatic rings. The van der Waals surface area contributed by atoms with Crippen LogP contribution in [0.2, 0.25) is 0 Å². The van der Waals surface area contributed by atoms with Gasteiger partial charge in [0.25, 0.3) is 0 Å². The lowest BCUT2D eigenvalue weighted by atomic mass is 9.76. The zero-order valence-corrected chi connectivity index (χ0v) is 20.4. The van der Waals surface area contributed by atoms with Gasteiger partial charge in [0.1, 0.15) is 11.3 Å². The van der Waals surface area contributed by atoms with Crippen LogP contribution in [0.25, 0.3) is 0 Å². The van der Waals surface area contributed by atoms with Gasteiger partial charge >= 0.3 is 5.97 Å². The third-order valence-corrected chi connectivity index (χ3v) is 7.65. The van der Waals surface area contributed by atoms with Crippen LogP contribution < -0.4 is 15.0 Å². The Morgan fingerprint density at radius 1 is 1.00 bits per heavy atom. The van der Waals surface area contributed by atoms with E-state index in [1.165, 1.54) is 7.11 Å². The normalized spacial score (nSPS) is 25.5. The minimum atomic E-state index is -1.67. The van der Waals surface area contributed by atoms with Crippen molar-refractivity contribution in [3.8, 4) is 5.75 Å². The fourth-order valence-electron chi connectivity index (χ4n) is 5.34. The highest BCUT2D eigenvalue weighted by atomic mass is 79.9. The molecule has 7 nitrogen and oxygen atoms in total. The number of carbonyl (C=O) groups excluding carboxylic acids is 2. The second-order valence-corrected chi connectivity index (χ2v) is 9.65. The number of rotatable bonds is 6. The minimum Gasteiger partial charge on any atom is -0.497 e. The van der Waals surface area contributed by atoms with Gasteiger partial charge in [-0.25, -0.2) is 4.90 Å². The van der Waals surface area contributed by atoms with Crippen molar-refractivity contribution in [1.82, 2.24) is 5.32 Å². The number of ether oxygens (including phenoxy) is 1. The number of carbonyl (C=O) groups is 3. The molecule has 0 bridgehead atoms. The first-order valence-electron chi connectivity index (χ1n) is 11.2. The highest BCUT2D eigenvalue weighted by molar-refractivity contribution is 9.10. The molecule has 2 aliphatic heterocycles. The van der Waals surface area contributed by atoms with Gasteiger partial charge in [-0.15, -0.1) is 0 Å². The predicted molar refractivity (Wildman–Crippen MR) is 133 cm³/mol. The molecule has 3 aromatic rings. The van der Waals surface area contributed by atoms with Crippen LogP contribution in [0.1, 0.15) is 17.2 Å². The number of imide groups is 1. The van der Waals surface area contributed by atoms with E-state index in [1.54, 1.807) is 24.3 Å². The largest absolute Gasteiger partial charge is 0.497 e.